The van der Waals surface area contributed by atoms with Gasteiger partial charge in [0.05, 0.1) is 11.3 Å². The second-order valence-electron chi connectivity index (χ2n) is 7.19. The summed E-state index contributed by atoms with van der Waals surface area (Å²) in [5.74, 6) is 0.228. The highest BCUT2D eigenvalue weighted by atomic mass is 16.5. The Morgan fingerprint density at radius 2 is 1.82 bits per heavy atom. The highest BCUT2D eigenvalue weighted by Crippen LogP contribution is 2.26. The van der Waals surface area contributed by atoms with E-state index in [1.807, 2.05) is 19.1 Å². The summed E-state index contributed by atoms with van der Waals surface area (Å²) in [5, 5.41) is 5.66. The number of anilines is 1. The van der Waals surface area contributed by atoms with Crippen LogP contribution in [-0.2, 0) is 17.6 Å². The summed E-state index contributed by atoms with van der Waals surface area (Å²) in [5.41, 5.74) is 3.63. The molecule has 0 bridgehead atoms. The van der Waals surface area contributed by atoms with Gasteiger partial charge in [0.15, 0.2) is 6.10 Å². The molecular weight excluding hydrogens is 352 g/mol. The quantitative estimate of drug-likeness (QED) is 0.760. The minimum Gasteiger partial charge on any atom is -0.481 e. The Morgan fingerprint density at radius 1 is 1.07 bits per heavy atom. The van der Waals surface area contributed by atoms with Gasteiger partial charge in [0.2, 0.25) is 0 Å². The van der Waals surface area contributed by atoms with Crippen molar-refractivity contribution in [3.05, 3.63) is 59.2 Å². The Bertz CT molecular complexity index is 847. The van der Waals surface area contributed by atoms with E-state index >= 15 is 0 Å². The Hall–Kier alpha value is -2.82. The maximum Gasteiger partial charge on any atom is 0.265 e. The van der Waals surface area contributed by atoms with E-state index in [4.69, 9.17) is 4.74 Å². The summed E-state index contributed by atoms with van der Waals surface area (Å²) < 4.78 is 5.87. The van der Waals surface area contributed by atoms with Gasteiger partial charge < -0.3 is 15.4 Å². The van der Waals surface area contributed by atoms with Crippen LogP contribution in [0, 0.1) is 0 Å². The molecule has 1 aliphatic rings. The van der Waals surface area contributed by atoms with E-state index in [2.05, 4.69) is 16.7 Å². The predicted molar refractivity (Wildman–Crippen MR) is 111 cm³/mol. The third kappa shape index (κ3) is 4.91. The highest BCUT2D eigenvalue weighted by Gasteiger charge is 2.19. The molecule has 0 heterocycles. The van der Waals surface area contributed by atoms with Crippen molar-refractivity contribution in [1.82, 2.24) is 5.32 Å². The van der Waals surface area contributed by atoms with Crippen LogP contribution < -0.4 is 15.4 Å². The minimum absolute atomic E-state index is 0.194. The third-order valence-corrected chi connectivity index (χ3v) is 4.97. The number of aryl methyl sites for hydroxylation is 2. The molecule has 28 heavy (non-hydrogen) atoms. The van der Waals surface area contributed by atoms with Crippen LogP contribution in [-0.4, -0.2) is 24.5 Å². The zero-order valence-electron chi connectivity index (χ0n) is 16.6. The van der Waals surface area contributed by atoms with Crippen molar-refractivity contribution >= 4 is 17.5 Å². The largest absolute Gasteiger partial charge is 0.481 e. The molecule has 5 nitrogen and oxygen atoms in total. The first-order chi connectivity index (χ1) is 13.6. The second kappa shape index (κ2) is 9.40. The molecule has 2 aromatic rings. The van der Waals surface area contributed by atoms with E-state index in [1.54, 1.807) is 31.2 Å². The molecular formula is C23H28N2O3. The van der Waals surface area contributed by atoms with E-state index in [-0.39, 0.29) is 11.8 Å². The first kappa shape index (κ1) is 19.9. The minimum atomic E-state index is -0.673. The lowest BCUT2D eigenvalue weighted by Crippen LogP contribution is -2.32. The van der Waals surface area contributed by atoms with E-state index < -0.39 is 6.10 Å². The first-order valence-electron chi connectivity index (χ1n) is 10.0. The number of carbonyl (C=O) groups is 2. The van der Waals surface area contributed by atoms with Crippen LogP contribution in [0.4, 0.5) is 5.69 Å². The highest BCUT2D eigenvalue weighted by molar-refractivity contribution is 6.04. The van der Waals surface area contributed by atoms with Gasteiger partial charge >= 0.3 is 0 Å². The standard InChI is InChI=1S/C23H28N2O3/c1-3-14-24-23(27)20-10-6-7-11-21(20)25-22(26)16(2)28-19-13-12-17-8-4-5-9-18(17)15-19/h6-7,10-13,15-16H,3-5,8-9,14H2,1-2H3,(H,24,27)(H,25,26)/t16-/m0/s1. The Labute approximate surface area is 166 Å². The smallest absolute Gasteiger partial charge is 0.265 e. The van der Waals surface area contributed by atoms with Gasteiger partial charge in [-0.2, -0.15) is 0 Å². The molecule has 0 saturated heterocycles. The third-order valence-electron chi connectivity index (χ3n) is 4.97. The summed E-state index contributed by atoms with van der Waals surface area (Å²) in [6.07, 6.45) is 4.79. The van der Waals surface area contributed by atoms with Crippen molar-refractivity contribution < 1.29 is 14.3 Å². The summed E-state index contributed by atoms with van der Waals surface area (Å²) >= 11 is 0. The summed E-state index contributed by atoms with van der Waals surface area (Å²) in [7, 11) is 0. The van der Waals surface area contributed by atoms with Gasteiger partial charge in [-0.05, 0) is 74.4 Å². The Kier molecular flexibility index (Phi) is 6.69. The molecule has 0 unspecified atom stereocenters. The second-order valence-corrected chi connectivity index (χ2v) is 7.19. The van der Waals surface area contributed by atoms with Crippen LogP contribution >= 0.6 is 0 Å². The molecule has 3 rings (SSSR count). The Balaban J connectivity index is 1.65. The summed E-state index contributed by atoms with van der Waals surface area (Å²) in [6.45, 7) is 4.31. The van der Waals surface area contributed by atoms with Crippen molar-refractivity contribution in [2.24, 2.45) is 0 Å². The van der Waals surface area contributed by atoms with Crippen molar-refractivity contribution in [3.63, 3.8) is 0 Å². The van der Waals surface area contributed by atoms with Gasteiger partial charge in [0, 0.05) is 6.54 Å². The zero-order chi connectivity index (χ0) is 19.9. The molecule has 0 saturated carbocycles. The number of benzene rings is 2. The predicted octanol–water partition coefficient (Wildman–Crippen LogP) is 4.11. The van der Waals surface area contributed by atoms with Gasteiger partial charge in [0.1, 0.15) is 5.75 Å². The number of para-hydroxylation sites is 1. The van der Waals surface area contributed by atoms with Crippen molar-refractivity contribution in [2.75, 3.05) is 11.9 Å². The molecule has 1 aliphatic carbocycles. The monoisotopic (exact) mass is 380 g/mol. The van der Waals surface area contributed by atoms with Gasteiger partial charge in [-0.15, -0.1) is 0 Å². The van der Waals surface area contributed by atoms with Crippen LogP contribution in [0.25, 0.3) is 0 Å². The molecule has 0 spiro atoms. The maximum atomic E-state index is 12.6. The average Bonchev–Trinajstić information content (AvgIpc) is 2.72. The van der Waals surface area contributed by atoms with E-state index in [9.17, 15) is 9.59 Å². The van der Waals surface area contributed by atoms with Crippen LogP contribution in [0.1, 0.15) is 54.6 Å². The number of carbonyl (C=O) groups excluding carboxylic acids is 2. The fraction of sp³-hybridized carbons (Fsp3) is 0.391. The van der Waals surface area contributed by atoms with Gasteiger partial charge in [-0.1, -0.05) is 25.1 Å². The lowest BCUT2D eigenvalue weighted by Gasteiger charge is -2.19. The number of hydrogen-bond donors (Lipinski definition) is 2. The SMILES string of the molecule is CCCNC(=O)c1ccccc1NC(=O)[C@H](C)Oc1ccc2c(c1)CCCC2. The lowest BCUT2D eigenvalue weighted by molar-refractivity contribution is -0.122. The molecule has 0 fully saturated rings. The topological polar surface area (TPSA) is 67.4 Å². The average molecular weight is 380 g/mol. The van der Waals surface area contributed by atoms with E-state index in [1.165, 1.54) is 24.0 Å². The van der Waals surface area contributed by atoms with Crippen LogP contribution in [0.5, 0.6) is 5.75 Å². The fourth-order valence-corrected chi connectivity index (χ4v) is 3.40. The number of fused-ring (bicyclic) bond motifs is 1. The molecule has 2 amide bonds. The number of nitrogens with one attached hydrogen (secondary N) is 2. The molecule has 1 atom stereocenters. The number of ether oxygens (including phenoxy) is 1. The number of amides is 2. The van der Waals surface area contributed by atoms with Crippen molar-refractivity contribution in [2.45, 2.75) is 52.1 Å². The van der Waals surface area contributed by atoms with Crippen molar-refractivity contribution in [1.29, 1.82) is 0 Å². The normalized spacial score (nSPS) is 13.9. The van der Waals surface area contributed by atoms with Gasteiger partial charge in [-0.3, -0.25) is 9.59 Å². The fourth-order valence-electron chi connectivity index (χ4n) is 3.40. The van der Waals surface area contributed by atoms with Gasteiger partial charge in [0.25, 0.3) is 11.8 Å². The van der Waals surface area contributed by atoms with Crippen LogP contribution in [0.3, 0.4) is 0 Å². The summed E-state index contributed by atoms with van der Waals surface area (Å²) in [6, 6.07) is 13.1. The molecule has 0 aromatic heterocycles. The molecule has 2 N–H and O–H groups in total. The maximum absolute atomic E-state index is 12.6. The van der Waals surface area contributed by atoms with E-state index in [0.29, 0.717) is 23.5 Å². The molecule has 2 aromatic carbocycles. The number of hydrogen-bond acceptors (Lipinski definition) is 3. The summed E-state index contributed by atoms with van der Waals surface area (Å²) in [4.78, 5) is 24.9. The lowest BCUT2D eigenvalue weighted by atomic mass is 9.92. The molecule has 0 aliphatic heterocycles. The van der Waals surface area contributed by atoms with Gasteiger partial charge in [-0.25, -0.2) is 0 Å². The van der Waals surface area contributed by atoms with Crippen molar-refractivity contribution in [3.8, 4) is 5.75 Å². The first-order valence-corrected chi connectivity index (χ1v) is 10.0. The number of rotatable bonds is 7. The zero-order valence-corrected chi connectivity index (χ0v) is 16.6. The van der Waals surface area contributed by atoms with Crippen LogP contribution in [0.2, 0.25) is 0 Å². The molecule has 0 radical (unpaired) electrons. The Morgan fingerprint density at radius 3 is 2.61 bits per heavy atom. The molecule has 148 valence electrons. The van der Waals surface area contributed by atoms with Crippen LogP contribution in [0.15, 0.2) is 42.5 Å². The van der Waals surface area contributed by atoms with E-state index in [0.717, 1.165) is 19.3 Å². The molecule has 5 heteroatoms.